The van der Waals surface area contributed by atoms with E-state index in [1.807, 2.05) is 0 Å². The third-order valence-electron chi connectivity index (χ3n) is 6.36. The van der Waals surface area contributed by atoms with Crippen molar-refractivity contribution >= 4 is 64.9 Å². The quantitative estimate of drug-likeness (QED) is 0.262. The highest BCUT2D eigenvalue weighted by atomic mass is 14.7. The third kappa shape index (κ3) is 1.94. The van der Waals surface area contributed by atoms with Gasteiger partial charge in [0.25, 0.3) is 0 Å². The minimum Gasteiger partial charge on any atom is -0.354 e. The first-order valence-corrected chi connectivity index (χ1v) is 10.0. The maximum atomic E-state index is 3.73. The minimum atomic E-state index is 1.20. The van der Waals surface area contributed by atoms with Gasteiger partial charge in [0, 0.05) is 21.7 Å². The van der Waals surface area contributed by atoms with Crippen LogP contribution in [0, 0.1) is 0 Å². The van der Waals surface area contributed by atoms with Crippen molar-refractivity contribution in [2.75, 3.05) is 0 Å². The van der Waals surface area contributed by atoms with Crippen molar-refractivity contribution in [3.8, 4) is 0 Å². The summed E-state index contributed by atoms with van der Waals surface area (Å²) in [5, 5.41) is 13.0. The fourth-order valence-corrected chi connectivity index (χ4v) is 5.04. The van der Waals surface area contributed by atoms with Crippen LogP contribution in [-0.2, 0) is 0 Å². The lowest BCUT2D eigenvalue weighted by Crippen LogP contribution is -1.83. The second kappa shape index (κ2) is 5.36. The Hall–Kier alpha value is -3.84. The van der Waals surface area contributed by atoms with E-state index in [9.17, 15) is 0 Å². The van der Waals surface area contributed by atoms with E-state index in [2.05, 4.69) is 102 Å². The number of H-pyrrole nitrogens is 1. The monoisotopic (exact) mass is 367 g/mol. The van der Waals surface area contributed by atoms with Gasteiger partial charge in [-0.05, 0) is 49.8 Å². The Bertz CT molecular complexity index is 1750. The molecule has 0 saturated heterocycles. The molecule has 7 rings (SSSR count). The molecule has 0 amide bonds. The van der Waals surface area contributed by atoms with E-state index >= 15 is 0 Å². The zero-order valence-electron chi connectivity index (χ0n) is 15.7. The van der Waals surface area contributed by atoms with Crippen LogP contribution in [0.1, 0.15) is 0 Å². The molecule has 0 spiro atoms. The van der Waals surface area contributed by atoms with Gasteiger partial charge in [-0.1, -0.05) is 84.9 Å². The number of benzene rings is 6. The summed E-state index contributed by atoms with van der Waals surface area (Å²) >= 11 is 0. The second-order valence-electron chi connectivity index (χ2n) is 7.87. The fourth-order valence-electron chi connectivity index (χ4n) is 5.04. The van der Waals surface area contributed by atoms with Crippen LogP contribution in [0.15, 0.2) is 97.1 Å². The van der Waals surface area contributed by atoms with Crippen molar-refractivity contribution in [1.29, 1.82) is 0 Å². The first-order valence-electron chi connectivity index (χ1n) is 10.0. The zero-order valence-corrected chi connectivity index (χ0v) is 15.7. The van der Waals surface area contributed by atoms with Crippen LogP contribution in [0.25, 0.3) is 64.9 Å². The van der Waals surface area contributed by atoms with Crippen molar-refractivity contribution in [3.63, 3.8) is 0 Å². The molecule has 1 aromatic heterocycles. The number of aromatic nitrogens is 1. The highest BCUT2D eigenvalue weighted by Gasteiger charge is 2.13. The maximum Gasteiger partial charge on any atom is 0.0544 e. The van der Waals surface area contributed by atoms with Gasteiger partial charge < -0.3 is 4.98 Å². The van der Waals surface area contributed by atoms with Gasteiger partial charge in [0.2, 0.25) is 0 Å². The fraction of sp³-hybridized carbons (Fsp3) is 0. The van der Waals surface area contributed by atoms with Gasteiger partial charge >= 0.3 is 0 Å². The van der Waals surface area contributed by atoms with Crippen molar-refractivity contribution in [3.05, 3.63) is 97.1 Å². The lowest BCUT2D eigenvalue weighted by atomic mass is 9.93. The van der Waals surface area contributed by atoms with Crippen LogP contribution in [0.5, 0.6) is 0 Å². The van der Waals surface area contributed by atoms with E-state index in [-0.39, 0.29) is 0 Å². The van der Waals surface area contributed by atoms with Gasteiger partial charge in [-0.15, -0.1) is 0 Å². The Labute approximate surface area is 167 Å². The molecule has 0 aliphatic carbocycles. The van der Waals surface area contributed by atoms with E-state index < -0.39 is 0 Å². The molecule has 1 N–H and O–H groups in total. The molecule has 0 atom stereocenters. The molecule has 0 radical (unpaired) electrons. The molecule has 29 heavy (non-hydrogen) atoms. The Morgan fingerprint density at radius 1 is 0.379 bits per heavy atom. The molecule has 134 valence electrons. The summed E-state index contributed by atoms with van der Waals surface area (Å²) in [6.07, 6.45) is 0. The average molecular weight is 367 g/mol. The minimum absolute atomic E-state index is 1.20. The van der Waals surface area contributed by atoms with Crippen LogP contribution < -0.4 is 0 Å². The largest absolute Gasteiger partial charge is 0.354 e. The number of hydrogen-bond donors (Lipinski definition) is 1. The Balaban J connectivity index is 1.76. The summed E-state index contributed by atoms with van der Waals surface area (Å²) in [5.74, 6) is 0. The van der Waals surface area contributed by atoms with E-state index in [1.165, 1.54) is 64.9 Å². The zero-order chi connectivity index (χ0) is 18.9. The van der Waals surface area contributed by atoms with Crippen molar-refractivity contribution in [2.45, 2.75) is 0 Å². The van der Waals surface area contributed by atoms with Gasteiger partial charge in [0.1, 0.15) is 0 Å². The predicted molar refractivity (Wildman–Crippen MR) is 126 cm³/mol. The standard InChI is InChI=1S/C28H17N/c1-2-8-18-17(7-1)13-14-23-26-15-24-21-11-5-3-9-19(21)20-10-4-6-12-22(20)25(24)16-27(26)29-28(18)23/h1-16,29H. The first kappa shape index (κ1) is 15.1. The van der Waals surface area contributed by atoms with Crippen molar-refractivity contribution in [2.24, 2.45) is 0 Å². The summed E-state index contributed by atoms with van der Waals surface area (Å²) in [7, 11) is 0. The summed E-state index contributed by atoms with van der Waals surface area (Å²) in [5.41, 5.74) is 2.42. The maximum absolute atomic E-state index is 3.73. The molecule has 0 fully saturated rings. The molecule has 1 heterocycles. The highest BCUT2D eigenvalue weighted by molar-refractivity contribution is 6.29. The van der Waals surface area contributed by atoms with E-state index in [1.54, 1.807) is 0 Å². The van der Waals surface area contributed by atoms with Gasteiger partial charge in [-0.25, -0.2) is 0 Å². The first-order chi connectivity index (χ1) is 14.4. The molecule has 0 bridgehead atoms. The summed E-state index contributed by atoms with van der Waals surface area (Å²) in [6, 6.07) is 35.3. The second-order valence-corrected chi connectivity index (χ2v) is 7.87. The van der Waals surface area contributed by atoms with E-state index in [0.717, 1.165) is 0 Å². The normalized spacial score (nSPS) is 12.1. The molecule has 0 aliphatic heterocycles. The Morgan fingerprint density at radius 2 is 0.931 bits per heavy atom. The average Bonchev–Trinajstić information content (AvgIpc) is 3.16. The van der Waals surface area contributed by atoms with Crippen LogP contribution >= 0.6 is 0 Å². The SMILES string of the molecule is c1ccc2c(c1)ccc1c3cc4c5ccccc5c5ccccc5c4cc3[nH]c21. The number of fused-ring (bicyclic) bond motifs is 11. The molecule has 1 nitrogen and oxygen atoms in total. The Morgan fingerprint density at radius 3 is 1.62 bits per heavy atom. The molecule has 0 unspecified atom stereocenters. The van der Waals surface area contributed by atoms with Crippen molar-refractivity contribution in [1.82, 2.24) is 4.98 Å². The van der Waals surface area contributed by atoms with Gasteiger partial charge in [0.05, 0.1) is 5.52 Å². The predicted octanol–water partition coefficient (Wildman–Crippen LogP) is 7.93. The van der Waals surface area contributed by atoms with Crippen molar-refractivity contribution < 1.29 is 0 Å². The molecule has 0 saturated carbocycles. The molecule has 0 aliphatic rings. The highest BCUT2D eigenvalue weighted by Crippen LogP contribution is 2.39. The van der Waals surface area contributed by atoms with Gasteiger partial charge in [0.15, 0.2) is 0 Å². The summed E-state index contributed by atoms with van der Waals surface area (Å²) in [6.45, 7) is 0. The smallest absolute Gasteiger partial charge is 0.0544 e. The number of rotatable bonds is 0. The van der Waals surface area contributed by atoms with Crippen LogP contribution in [0.4, 0.5) is 0 Å². The van der Waals surface area contributed by atoms with Gasteiger partial charge in [-0.2, -0.15) is 0 Å². The number of nitrogens with one attached hydrogen (secondary N) is 1. The van der Waals surface area contributed by atoms with Crippen LogP contribution in [0.2, 0.25) is 0 Å². The molecule has 7 aromatic rings. The topological polar surface area (TPSA) is 15.8 Å². The van der Waals surface area contributed by atoms with E-state index in [4.69, 9.17) is 0 Å². The summed E-state index contributed by atoms with van der Waals surface area (Å²) < 4.78 is 0. The van der Waals surface area contributed by atoms with E-state index in [0.29, 0.717) is 0 Å². The van der Waals surface area contributed by atoms with Gasteiger partial charge in [-0.3, -0.25) is 0 Å². The lowest BCUT2D eigenvalue weighted by Gasteiger charge is -2.10. The number of aromatic amines is 1. The molecule has 6 aromatic carbocycles. The van der Waals surface area contributed by atoms with Crippen LogP contribution in [-0.4, -0.2) is 4.98 Å². The Kier molecular flexibility index (Phi) is 2.80. The third-order valence-corrected chi connectivity index (χ3v) is 6.36. The molecule has 1 heteroatoms. The lowest BCUT2D eigenvalue weighted by molar-refractivity contribution is 1.57. The summed E-state index contributed by atoms with van der Waals surface area (Å²) in [4.78, 5) is 3.73. The number of hydrogen-bond acceptors (Lipinski definition) is 0. The molecular formula is C28H17N. The van der Waals surface area contributed by atoms with Crippen LogP contribution in [0.3, 0.4) is 0 Å². The molecular weight excluding hydrogens is 350 g/mol.